The smallest absolute Gasteiger partial charge is 0.411 e. The molecule has 4 N–H and O–H groups in total. The maximum Gasteiger partial charge on any atom is 0.411 e. The SMILES string of the molecule is CC(C)COC(=O)N1CC(C(=O)Nc2c(C(N)=O)oc3ccc(Br)cc23)C1NC(=O)OC(C)(C)C. The molecule has 2 unspecified atom stereocenters. The molecule has 0 aliphatic carbocycles. The lowest BCUT2D eigenvalue weighted by Gasteiger charge is -2.46. The van der Waals surface area contributed by atoms with Crippen LogP contribution in [0.4, 0.5) is 15.3 Å². The van der Waals surface area contributed by atoms with E-state index in [4.69, 9.17) is 19.6 Å². The molecule has 0 radical (unpaired) electrons. The number of primary amides is 1. The van der Waals surface area contributed by atoms with Crippen LogP contribution in [0, 0.1) is 11.8 Å². The molecule has 1 saturated heterocycles. The number of furan rings is 1. The van der Waals surface area contributed by atoms with E-state index >= 15 is 0 Å². The Bertz CT molecular complexity index is 1150. The molecule has 11 nitrogen and oxygen atoms in total. The Morgan fingerprint density at radius 2 is 1.94 bits per heavy atom. The topological polar surface area (TPSA) is 153 Å². The van der Waals surface area contributed by atoms with Gasteiger partial charge in [0.25, 0.3) is 5.91 Å². The van der Waals surface area contributed by atoms with Crippen molar-refractivity contribution in [2.75, 3.05) is 18.5 Å². The van der Waals surface area contributed by atoms with Gasteiger partial charge in [-0.3, -0.25) is 14.5 Å². The van der Waals surface area contributed by atoms with Crippen molar-refractivity contribution in [1.82, 2.24) is 10.2 Å². The number of ether oxygens (including phenoxy) is 2. The summed E-state index contributed by atoms with van der Waals surface area (Å²) in [4.78, 5) is 51.4. The number of anilines is 1. The fourth-order valence-electron chi connectivity index (χ4n) is 3.43. The number of hydrogen-bond donors (Lipinski definition) is 3. The summed E-state index contributed by atoms with van der Waals surface area (Å²) < 4.78 is 16.8. The second kappa shape index (κ2) is 10.1. The first-order valence-electron chi connectivity index (χ1n) is 11.0. The first kappa shape index (κ1) is 26.3. The number of likely N-dealkylation sites (tertiary alicyclic amines) is 1. The van der Waals surface area contributed by atoms with Crippen LogP contribution in [0.3, 0.4) is 0 Å². The van der Waals surface area contributed by atoms with Crippen molar-refractivity contribution < 1.29 is 33.1 Å². The third kappa shape index (κ3) is 6.24. The van der Waals surface area contributed by atoms with Crippen LogP contribution in [-0.4, -0.2) is 53.8 Å². The van der Waals surface area contributed by atoms with Crippen LogP contribution in [0.25, 0.3) is 11.0 Å². The summed E-state index contributed by atoms with van der Waals surface area (Å²) in [6.07, 6.45) is -2.48. The van der Waals surface area contributed by atoms with Gasteiger partial charge in [0.15, 0.2) is 0 Å². The summed E-state index contributed by atoms with van der Waals surface area (Å²) in [5.41, 5.74) is 5.13. The highest BCUT2D eigenvalue weighted by Crippen LogP contribution is 2.34. The largest absolute Gasteiger partial charge is 0.449 e. The van der Waals surface area contributed by atoms with E-state index in [1.54, 1.807) is 39.0 Å². The quantitative estimate of drug-likeness (QED) is 0.492. The molecule has 12 heteroatoms. The van der Waals surface area contributed by atoms with Crippen LogP contribution in [0.15, 0.2) is 27.1 Å². The molecule has 0 bridgehead atoms. The van der Waals surface area contributed by atoms with Crippen molar-refractivity contribution in [1.29, 1.82) is 0 Å². The second-order valence-corrected chi connectivity index (χ2v) is 10.5. The number of halogens is 1. The lowest BCUT2D eigenvalue weighted by atomic mass is 9.94. The number of amides is 4. The average Bonchev–Trinajstić information content (AvgIpc) is 3.06. The molecule has 4 amide bonds. The number of nitrogens with zero attached hydrogens (tertiary/aromatic N) is 1. The molecule has 1 aromatic heterocycles. The number of nitrogens with two attached hydrogens (primary N) is 1. The van der Waals surface area contributed by atoms with E-state index in [-0.39, 0.29) is 30.5 Å². The van der Waals surface area contributed by atoms with Gasteiger partial charge in [-0.1, -0.05) is 29.8 Å². The highest BCUT2D eigenvalue weighted by molar-refractivity contribution is 9.10. The van der Waals surface area contributed by atoms with E-state index in [1.807, 2.05) is 13.8 Å². The summed E-state index contributed by atoms with van der Waals surface area (Å²) in [7, 11) is 0. The van der Waals surface area contributed by atoms with Crippen LogP contribution in [0.1, 0.15) is 45.2 Å². The molecule has 35 heavy (non-hydrogen) atoms. The zero-order valence-electron chi connectivity index (χ0n) is 20.1. The third-order valence-electron chi connectivity index (χ3n) is 5.01. The first-order chi connectivity index (χ1) is 16.3. The van der Waals surface area contributed by atoms with Gasteiger partial charge in [0.1, 0.15) is 23.0 Å². The lowest BCUT2D eigenvalue weighted by molar-refractivity contribution is -0.129. The van der Waals surface area contributed by atoms with Gasteiger partial charge >= 0.3 is 12.2 Å². The summed E-state index contributed by atoms with van der Waals surface area (Å²) in [6, 6.07) is 5.02. The average molecular weight is 553 g/mol. The van der Waals surface area contributed by atoms with E-state index < -0.39 is 41.7 Å². The Balaban J connectivity index is 1.84. The normalized spacial score (nSPS) is 17.6. The predicted octanol–water partition coefficient (Wildman–Crippen LogP) is 3.81. The number of rotatable bonds is 6. The van der Waals surface area contributed by atoms with Crippen LogP contribution < -0.4 is 16.4 Å². The number of nitrogens with one attached hydrogen (secondary N) is 2. The monoisotopic (exact) mass is 552 g/mol. The Kier molecular flexibility index (Phi) is 7.63. The molecule has 1 aliphatic rings. The van der Waals surface area contributed by atoms with Gasteiger partial charge in [-0.05, 0) is 44.9 Å². The summed E-state index contributed by atoms with van der Waals surface area (Å²) >= 11 is 3.35. The van der Waals surface area contributed by atoms with Gasteiger partial charge in [-0.25, -0.2) is 9.59 Å². The molecule has 2 heterocycles. The van der Waals surface area contributed by atoms with Crippen LogP contribution in [0.2, 0.25) is 0 Å². The van der Waals surface area contributed by atoms with Crippen molar-refractivity contribution in [3.63, 3.8) is 0 Å². The van der Waals surface area contributed by atoms with E-state index in [0.717, 1.165) is 0 Å². The maximum atomic E-state index is 13.2. The maximum absolute atomic E-state index is 13.2. The van der Waals surface area contributed by atoms with Crippen LogP contribution in [0.5, 0.6) is 0 Å². The Labute approximate surface area is 210 Å². The van der Waals surface area contributed by atoms with Gasteiger partial charge in [0.05, 0.1) is 12.5 Å². The van der Waals surface area contributed by atoms with Crippen molar-refractivity contribution in [2.24, 2.45) is 17.6 Å². The molecule has 0 saturated carbocycles. The van der Waals surface area contributed by atoms with Crippen LogP contribution >= 0.6 is 15.9 Å². The predicted molar refractivity (Wildman–Crippen MR) is 131 cm³/mol. The number of alkyl carbamates (subject to hydrolysis) is 1. The molecular weight excluding hydrogens is 524 g/mol. The van der Waals surface area contributed by atoms with Gasteiger partial charge < -0.3 is 30.3 Å². The standard InChI is InChI=1S/C23H29BrN4O7/c1-11(2)10-33-22(32)28-9-14(19(28)27-21(31)35-23(3,4)5)20(30)26-16-13-8-12(24)6-7-15(13)34-17(16)18(25)29/h6-8,11,14,19H,9-10H2,1-5H3,(H2,25,29)(H,26,30)(H,27,31). The fraction of sp³-hybridized carbons (Fsp3) is 0.478. The van der Waals surface area contributed by atoms with Gasteiger partial charge in [0.2, 0.25) is 11.7 Å². The molecule has 3 rings (SSSR count). The first-order valence-corrected chi connectivity index (χ1v) is 11.8. The molecule has 2 atom stereocenters. The zero-order valence-corrected chi connectivity index (χ0v) is 21.7. The van der Waals surface area contributed by atoms with Gasteiger partial charge in [-0.2, -0.15) is 0 Å². The Morgan fingerprint density at radius 1 is 1.26 bits per heavy atom. The number of benzene rings is 1. The number of carbonyl (C=O) groups is 4. The number of hydrogen-bond acceptors (Lipinski definition) is 7. The van der Waals surface area contributed by atoms with Crippen LogP contribution in [-0.2, 0) is 14.3 Å². The second-order valence-electron chi connectivity index (χ2n) is 9.62. The number of fused-ring (bicyclic) bond motifs is 1. The summed E-state index contributed by atoms with van der Waals surface area (Å²) in [5.74, 6) is -2.37. The van der Waals surface area contributed by atoms with E-state index in [0.29, 0.717) is 15.4 Å². The van der Waals surface area contributed by atoms with E-state index in [9.17, 15) is 19.2 Å². The Morgan fingerprint density at radius 3 is 2.54 bits per heavy atom. The fourth-order valence-corrected chi connectivity index (χ4v) is 3.79. The Hall–Kier alpha value is -3.28. The molecule has 1 fully saturated rings. The minimum atomic E-state index is -1.02. The highest BCUT2D eigenvalue weighted by Gasteiger charge is 2.48. The van der Waals surface area contributed by atoms with Crippen molar-refractivity contribution in [3.8, 4) is 0 Å². The lowest BCUT2D eigenvalue weighted by Crippen LogP contribution is -2.69. The molecule has 0 spiro atoms. The summed E-state index contributed by atoms with van der Waals surface area (Å²) in [6.45, 7) is 9.02. The van der Waals surface area contributed by atoms with E-state index in [1.165, 1.54) is 4.90 Å². The molecular formula is C23H29BrN4O7. The third-order valence-corrected chi connectivity index (χ3v) is 5.50. The van der Waals surface area contributed by atoms with Crippen molar-refractivity contribution >= 4 is 56.6 Å². The molecule has 190 valence electrons. The highest BCUT2D eigenvalue weighted by atomic mass is 79.9. The minimum Gasteiger partial charge on any atom is -0.449 e. The summed E-state index contributed by atoms with van der Waals surface area (Å²) in [5, 5.41) is 5.71. The van der Waals surface area contributed by atoms with Crippen molar-refractivity contribution in [2.45, 2.75) is 46.4 Å². The molecule has 1 aromatic carbocycles. The number of carbonyl (C=O) groups excluding carboxylic acids is 4. The zero-order chi connectivity index (χ0) is 26.1. The van der Waals surface area contributed by atoms with Crippen molar-refractivity contribution in [3.05, 3.63) is 28.4 Å². The van der Waals surface area contributed by atoms with E-state index in [2.05, 4.69) is 26.6 Å². The van der Waals surface area contributed by atoms with Gasteiger partial charge in [-0.15, -0.1) is 0 Å². The van der Waals surface area contributed by atoms with Gasteiger partial charge in [0, 0.05) is 16.4 Å². The molecule has 1 aliphatic heterocycles. The molecule has 2 aromatic rings. The minimum absolute atomic E-state index is 0.0192.